The Morgan fingerprint density at radius 2 is 1.77 bits per heavy atom. The lowest BCUT2D eigenvalue weighted by molar-refractivity contribution is -0.664. The standard InChI is InChI=1S/C19H22N2O/c1-13-10-14(2)19(21-9-7-6-8-15(21)3)16(4)18(13)17-11-22-12-20(17)5/h6-12H,1-5H3/q+2. The molecule has 3 heteroatoms. The second-order valence-corrected chi connectivity index (χ2v) is 5.93. The molecule has 0 fully saturated rings. The van der Waals surface area contributed by atoms with Crippen LogP contribution in [0.3, 0.4) is 0 Å². The minimum atomic E-state index is 1.10. The van der Waals surface area contributed by atoms with Gasteiger partial charge in [-0.15, -0.1) is 0 Å². The molecule has 3 nitrogen and oxygen atoms in total. The number of hydrogen-bond donors (Lipinski definition) is 0. The number of rotatable bonds is 2. The largest absolute Gasteiger partial charge is 0.412 e. The summed E-state index contributed by atoms with van der Waals surface area (Å²) in [6, 6.07) is 8.53. The summed E-state index contributed by atoms with van der Waals surface area (Å²) in [6.07, 6.45) is 5.67. The van der Waals surface area contributed by atoms with Crippen molar-refractivity contribution in [2.24, 2.45) is 7.05 Å². The Balaban J connectivity index is 2.34. The van der Waals surface area contributed by atoms with Crippen LogP contribution in [0.2, 0.25) is 0 Å². The first-order chi connectivity index (χ1) is 10.5. The molecule has 1 aromatic carbocycles. The van der Waals surface area contributed by atoms with Crippen LogP contribution in [0.25, 0.3) is 16.9 Å². The van der Waals surface area contributed by atoms with Crippen LogP contribution in [-0.4, -0.2) is 0 Å². The molecule has 0 aliphatic heterocycles. The van der Waals surface area contributed by atoms with Crippen LogP contribution in [0.1, 0.15) is 22.4 Å². The normalized spacial score (nSPS) is 11.0. The molecule has 0 saturated heterocycles. The highest BCUT2D eigenvalue weighted by molar-refractivity contribution is 5.69. The summed E-state index contributed by atoms with van der Waals surface area (Å²) in [7, 11) is 2.01. The lowest BCUT2D eigenvalue weighted by Crippen LogP contribution is -2.36. The van der Waals surface area contributed by atoms with E-state index in [-0.39, 0.29) is 0 Å². The zero-order valence-electron chi connectivity index (χ0n) is 13.8. The predicted molar refractivity (Wildman–Crippen MR) is 85.8 cm³/mol. The lowest BCUT2D eigenvalue weighted by Gasteiger charge is -2.11. The summed E-state index contributed by atoms with van der Waals surface area (Å²) in [5.74, 6) is 0. The first-order valence-corrected chi connectivity index (χ1v) is 7.51. The van der Waals surface area contributed by atoms with Crippen molar-refractivity contribution >= 4 is 0 Å². The Labute approximate surface area is 131 Å². The topological polar surface area (TPSA) is 20.9 Å². The molecule has 0 amide bonds. The molecule has 0 bridgehead atoms. The van der Waals surface area contributed by atoms with E-state index in [2.05, 4.69) is 62.7 Å². The molecule has 0 unspecified atom stereocenters. The van der Waals surface area contributed by atoms with E-state index in [4.69, 9.17) is 4.42 Å². The lowest BCUT2D eigenvalue weighted by atomic mass is 9.95. The molecule has 0 spiro atoms. The van der Waals surface area contributed by atoms with E-state index in [1.807, 2.05) is 17.9 Å². The average molecular weight is 294 g/mol. The molecule has 0 atom stereocenters. The third kappa shape index (κ3) is 2.23. The maximum atomic E-state index is 5.37. The molecule has 3 aromatic rings. The van der Waals surface area contributed by atoms with Crippen molar-refractivity contribution in [3.63, 3.8) is 0 Å². The molecule has 2 heterocycles. The van der Waals surface area contributed by atoms with Crippen molar-refractivity contribution in [3.8, 4) is 16.9 Å². The van der Waals surface area contributed by atoms with E-state index in [0.29, 0.717) is 0 Å². The molecular weight excluding hydrogens is 272 g/mol. The molecule has 2 aromatic heterocycles. The Morgan fingerprint density at radius 3 is 2.41 bits per heavy atom. The highest BCUT2D eigenvalue weighted by Gasteiger charge is 2.25. The third-order valence-corrected chi connectivity index (χ3v) is 4.27. The highest BCUT2D eigenvalue weighted by Crippen LogP contribution is 2.30. The van der Waals surface area contributed by atoms with Gasteiger partial charge in [-0.1, -0.05) is 6.07 Å². The van der Waals surface area contributed by atoms with Crippen LogP contribution in [0, 0.1) is 27.7 Å². The number of aromatic nitrogens is 2. The van der Waals surface area contributed by atoms with Crippen molar-refractivity contribution in [2.75, 3.05) is 0 Å². The first kappa shape index (κ1) is 14.5. The highest BCUT2D eigenvalue weighted by atomic mass is 16.3. The van der Waals surface area contributed by atoms with E-state index in [9.17, 15) is 0 Å². The molecule has 0 aliphatic rings. The van der Waals surface area contributed by atoms with Crippen LogP contribution in [-0.2, 0) is 7.05 Å². The number of aryl methyl sites for hydroxylation is 4. The number of nitrogens with zero attached hydrogens (tertiary/aromatic N) is 2. The Hall–Kier alpha value is -2.42. The van der Waals surface area contributed by atoms with E-state index < -0.39 is 0 Å². The minimum absolute atomic E-state index is 1.10. The molecular formula is C19H22N2O+2. The van der Waals surface area contributed by atoms with Gasteiger partial charge in [0.25, 0.3) is 5.69 Å². The number of pyridine rings is 1. The Kier molecular flexibility index (Phi) is 3.57. The number of hydrogen-bond acceptors (Lipinski definition) is 1. The van der Waals surface area contributed by atoms with Gasteiger partial charge in [0, 0.05) is 30.2 Å². The molecule has 0 N–H and O–H groups in total. The fraction of sp³-hybridized carbons (Fsp3) is 0.263. The predicted octanol–water partition coefficient (Wildman–Crippen LogP) is 3.28. The van der Waals surface area contributed by atoms with Gasteiger partial charge in [0.1, 0.15) is 7.05 Å². The summed E-state index contributed by atoms with van der Waals surface area (Å²) in [5.41, 5.74) is 8.64. The van der Waals surface area contributed by atoms with Gasteiger partial charge in [0.05, 0.1) is 5.56 Å². The van der Waals surface area contributed by atoms with Gasteiger partial charge in [0.15, 0.2) is 18.2 Å². The quantitative estimate of drug-likeness (QED) is 0.664. The van der Waals surface area contributed by atoms with Crippen LogP contribution < -0.4 is 9.13 Å². The molecule has 0 radical (unpaired) electrons. The molecule has 22 heavy (non-hydrogen) atoms. The second-order valence-electron chi connectivity index (χ2n) is 5.93. The fourth-order valence-electron chi connectivity index (χ4n) is 3.28. The van der Waals surface area contributed by atoms with Crippen molar-refractivity contribution in [3.05, 3.63) is 65.5 Å². The van der Waals surface area contributed by atoms with Crippen molar-refractivity contribution in [2.45, 2.75) is 27.7 Å². The summed E-state index contributed by atoms with van der Waals surface area (Å²) in [4.78, 5) is 0. The maximum absolute atomic E-state index is 5.37. The van der Waals surface area contributed by atoms with Gasteiger partial charge in [-0.05, 0) is 32.4 Å². The summed E-state index contributed by atoms with van der Waals surface area (Å²) < 4.78 is 9.65. The summed E-state index contributed by atoms with van der Waals surface area (Å²) >= 11 is 0. The van der Waals surface area contributed by atoms with Gasteiger partial charge < -0.3 is 4.42 Å². The van der Waals surface area contributed by atoms with Crippen LogP contribution in [0.5, 0.6) is 0 Å². The molecule has 0 aliphatic carbocycles. The first-order valence-electron chi connectivity index (χ1n) is 7.51. The smallest absolute Gasteiger partial charge is 0.334 e. The van der Waals surface area contributed by atoms with E-state index in [1.165, 1.54) is 33.6 Å². The fourth-order valence-corrected chi connectivity index (χ4v) is 3.28. The van der Waals surface area contributed by atoms with Gasteiger partial charge in [0.2, 0.25) is 5.69 Å². The van der Waals surface area contributed by atoms with Crippen molar-refractivity contribution in [1.29, 1.82) is 0 Å². The molecule has 0 saturated carbocycles. The zero-order valence-corrected chi connectivity index (χ0v) is 13.8. The van der Waals surface area contributed by atoms with Gasteiger partial charge >= 0.3 is 6.39 Å². The summed E-state index contributed by atoms with van der Waals surface area (Å²) in [6.45, 7) is 8.66. The Morgan fingerprint density at radius 1 is 1.00 bits per heavy atom. The van der Waals surface area contributed by atoms with Crippen molar-refractivity contribution < 1.29 is 13.6 Å². The van der Waals surface area contributed by atoms with Gasteiger partial charge in [-0.2, -0.15) is 9.13 Å². The van der Waals surface area contributed by atoms with Crippen LogP contribution in [0.15, 0.2) is 47.5 Å². The van der Waals surface area contributed by atoms with E-state index >= 15 is 0 Å². The maximum Gasteiger partial charge on any atom is 0.334 e. The van der Waals surface area contributed by atoms with Gasteiger partial charge in [-0.25, -0.2) is 0 Å². The number of benzene rings is 1. The zero-order chi connectivity index (χ0) is 15.9. The molecule has 112 valence electrons. The van der Waals surface area contributed by atoms with Crippen LogP contribution >= 0.6 is 0 Å². The van der Waals surface area contributed by atoms with Crippen molar-refractivity contribution in [1.82, 2.24) is 0 Å². The third-order valence-electron chi connectivity index (χ3n) is 4.27. The van der Waals surface area contributed by atoms with Crippen LogP contribution in [0.4, 0.5) is 0 Å². The van der Waals surface area contributed by atoms with E-state index in [1.54, 1.807) is 6.39 Å². The Bertz CT molecular complexity index is 847. The average Bonchev–Trinajstić information content (AvgIpc) is 2.87. The SMILES string of the molecule is Cc1cc(C)c(-[n+]2ccccc2C)c(C)c1-c1coc[n+]1C. The summed E-state index contributed by atoms with van der Waals surface area (Å²) in [5, 5.41) is 0. The van der Waals surface area contributed by atoms with Gasteiger partial charge in [-0.3, -0.25) is 0 Å². The monoisotopic (exact) mass is 294 g/mol. The molecule has 3 rings (SSSR count). The minimum Gasteiger partial charge on any atom is -0.412 e. The van der Waals surface area contributed by atoms with E-state index in [0.717, 1.165) is 5.69 Å². The second kappa shape index (κ2) is 5.41. The number of oxazole rings is 1.